The number of carboxylic acids is 1. The van der Waals surface area contributed by atoms with Crippen molar-refractivity contribution in [1.82, 2.24) is 15.1 Å². The standard InChI is InChI=1S/C13H19N3O3/c1-8-6-11(15-14-8)10-4-3-5-16(7-10)12(17)9(2)13(18)19/h6,9-10H,3-5,7H2,1-2H3,(H,14,15)(H,18,19). The molecular formula is C13H19N3O3. The van der Waals surface area contributed by atoms with E-state index in [1.165, 1.54) is 6.92 Å². The maximum Gasteiger partial charge on any atom is 0.315 e. The highest BCUT2D eigenvalue weighted by molar-refractivity contribution is 5.96. The number of rotatable bonds is 3. The van der Waals surface area contributed by atoms with E-state index in [0.29, 0.717) is 13.1 Å². The first kappa shape index (κ1) is 13.6. The molecule has 2 N–H and O–H groups in total. The normalized spacial score (nSPS) is 21.2. The second-order valence-electron chi connectivity index (χ2n) is 5.16. The van der Waals surface area contributed by atoms with Crippen molar-refractivity contribution in [3.8, 4) is 0 Å². The van der Waals surface area contributed by atoms with Crippen LogP contribution < -0.4 is 0 Å². The van der Waals surface area contributed by atoms with Gasteiger partial charge in [-0.1, -0.05) is 0 Å². The van der Waals surface area contributed by atoms with Gasteiger partial charge in [0, 0.05) is 24.7 Å². The monoisotopic (exact) mass is 265 g/mol. The van der Waals surface area contributed by atoms with E-state index in [0.717, 1.165) is 24.2 Å². The van der Waals surface area contributed by atoms with E-state index in [1.54, 1.807) is 4.90 Å². The molecule has 104 valence electrons. The summed E-state index contributed by atoms with van der Waals surface area (Å²) < 4.78 is 0. The summed E-state index contributed by atoms with van der Waals surface area (Å²) >= 11 is 0. The average molecular weight is 265 g/mol. The Balaban J connectivity index is 2.05. The van der Waals surface area contributed by atoms with Crippen LogP contribution in [0, 0.1) is 12.8 Å². The average Bonchev–Trinajstić information content (AvgIpc) is 2.84. The minimum absolute atomic E-state index is 0.198. The van der Waals surface area contributed by atoms with E-state index in [2.05, 4.69) is 10.2 Å². The lowest BCUT2D eigenvalue weighted by Crippen LogP contribution is -2.43. The first-order chi connectivity index (χ1) is 8.99. The molecule has 1 aliphatic heterocycles. The van der Waals surface area contributed by atoms with Crippen molar-refractivity contribution >= 4 is 11.9 Å². The highest BCUT2D eigenvalue weighted by Crippen LogP contribution is 2.26. The number of piperidine rings is 1. The highest BCUT2D eigenvalue weighted by atomic mass is 16.4. The Labute approximate surface area is 111 Å². The number of aryl methyl sites for hydroxylation is 1. The van der Waals surface area contributed by atoms with Crippen molar-refractivity contribution in [1.29, 1.82) is 0 Å². The summed E-state index contributed by atoms with van der Waals surface area (Å²) in [6, 6.07) is 1.99. The molecule has 1 saturated heterocycles. The van der Waals surface area contributed by atoms with Crippen molar-refractivity contribution in [2.75, 3.05) is 13.1 Å². The number of nitrogens with one attached hydrogen (secondary N) is 1. The van der Waals surface area contributed by atoms with Gasteiger partial charge in [-0.15, -0.1) is 0 Å². The van der Waals surface area contributed by atoms with Gasteiger partial charge in [0.2, 0.25) is 5.91 Å². The zero-order valence-electron chi connectivity index (χ0n) is 11.2. The van der Waals surface area contributed by atoms with Crippen LogP contribution in [0.2, 0.25) is 0 Å². The molecule has 19 heavy (non-hydrogen) atoms. The largest absolute Gasteiger partial charge is 0.481 e. The second kappa shape index (κ2) is 5.42. The molecule has 0 aromatic carbocycles. The van der Waals surface area contributed by atoms with E-state index < -0.39 is 11.9 Å². The highest BCUT2D eigenvalue weighted by Gasteiger charge is 2.31. The fourth-order valence-electron chi connectivity index (χ4n) is 2.45. The van der Waals surface area contributed by atoms with E-state index in [-0.39, 0.29) is 11.8 Å². The third-order valence-corrected chi connectivity index (χ3v) is 3.62. The number of carbonyl (C=O) groups excluding carboxylic acids is 1. The number of amides is 1. The molecule has 6 heteroatoms. The summed E-state index contributed by atoms with van der Waals surface area (Å²) in [5, 5.41) is 16.0. The van der Waals surface area contributed by atoms with Crippen LogP contribution in [0.3, 0.4) is 0 Å². The Morgan fingerprint density at radius 2 is 2.32 bits per heavy atom. The molecular weight excluding hydrogens is 246 g/mol. The van der Waals surface area contributed by atoms with Crippen molar-refractivity contribution in [2.45, 2.75) is 32.6 Å². The number of carbonyl (C=O) groups is 2. The summed E-state index contributed by atoms with van der Waals surface area (Å²) in [6.45, 7) is 4.57. The molecule has 0 aliphatic carbocycles. The number of likely N-dealkylation sites (tertiary alicyclic amines) is 1. The van der Waals surface area contributed by atoms with Crippen LogP contribution in [0.25, 0.3) is 0 Å². The summed E-state index contributed by atoms with van der Waals surface area (Å²) in [6.07, 6.45) is 1.87. The summed E-state index contributed by atoms with van der Waals surface area (Å²) in [4.78, 5) is 24.6. The van der Waals surface area contributed by atoms with Gasteiger partial charge in [0.15, 0.2) is 0 Å². The van der Waals surface area contributed by atoms with Crippen LogP contribution in [0.4, 0.5) is 0 Å². The number of hydrogen-bond donors (Lipinski definition) is 2. The number of nitrogens with zero attached hydrogens (tertiary/aromatic N) is 2. The molecule has 0 bridgehead atoms. The van der Waals surface area contributed by atoms with E-state index in [9.17, 15) is 9.59 Å². The topological polar surface area (TPSA) is 86.3 Å². The van der Waals surface area contributed by atoms with Gasteiger partial charge in [0.1, 0.15) is 5.92 Å². The molecule has 1 aromatic heterocycles. The van der Waals surface area contributed by atoms with Gasteiger partial charge in [-0.3, -0.25) is 14.7 Å². The number of H-pyrrole nitrogens is 1. The molecule has 2 unspecified atom stereocenters. The Kier molecular flexibility index (Phi) is 3.87. The number of carboxylic acid groups (broad SMARTS) is 1. The molecule has 0 saturated carbocycles. The fraction of sp³-hybridized carbons (Fsp3) is 0.615. The maximum atomic E-state index is 12.0. The first-order valence-electron chi connectivity index (χ1n) is 6.52. The molecule has 2 atom stereocenters. The van der Waals surface area contributed by atoms with Gasteiger partial charge in [0.05, 0.1) is 5.69 Å². The number of aliphatic carboxylic acids is 1. The summed E-state index contributed by atoms with van der Waals surface area (Å²) in [5.41, 5.74) is 1.95. The lowest BCUT2D eigenvalue weighted by molar-refractivity contribution is -0.150. The Morgan fingerprint density at radius 3 is 2.89 bits per heavy atom. The molecule has 1 amide bonds. The predicted molar refractivity (Wildman–Crippen MR) is 68.7 cm³/mol. The minimum Gasteiger partial charge on any atom is -0.481 e. The Hall–Kier alpha value is -1.85. The van der Waals surface area contributed by atoms with Crippen LogP contribution in [0.1, 0.15) is 37.1 Å². The van der Waals surface area contributed by atoms with Crippen LogP contribution in [-0.2, 0) is 9.59 Å². The van der Waals surface area contributed by atoms with Gasteiger partial charge < -0.3 is 10.0 Å². The van der Waals surface area contributed by atoms with E-state index >= 15 is 0 Å². The molecule has 2 heterocycles. The lowest BCUT2D eigenvalue weighted by atomic mass is 9.94. The lowest BCUT2D eigenvalue weighted by Gasteiger charge is -2.33. The van der Waals surface area contributed by atoms with Crippen LogP contribution >= 0.6 is 0 Å². The van der Waals surface area contributed by atoms with Crippen molar-refractivity contribution in [2.24, 2.45) is 5.92 Å². The molecule has 0 radical (unpaired) electrons. The Bertz CT molecular complexity index is 483. The summed E-state index contributed by atoms with van der Waals surface area (Å²) in [5.74, 6) is -2.14. The van der Waals surface area contributed by atoms with Crippen molar-refractivity contribution in [3.63, 3.8) is 0 Å². The third-order valence-electron chi connectivity index (χ3n) is 3.62. The zero-order chi connectivity index (χ0) is 14.0. The molecule has 6 nitrogen and oxygen atoms in total. The number of aromatic nitrogens is 2. The van der Waals surface area contributed by atoms with Crippen LogP contribution in [0.5, 0.6) is 0 Å². The third kappa shape index (κ3) is 2.94. The fourth-order valence-corrected chi connectivity index (χ4v) is 2.45. The summed E-state index contributed by atoms with van der Waals surface area (Å²) in [7, 11) is 0. The van der Waals surface area contributed by atoms with E-state index in [4.69, 9.17) is 5.11 Å². The van der Waals surface area contributed by atoms with Gasteiger partial charge in [0.25, 0.3) is 0 Å². The predicted octanol–water partition coefficient (Wildman–Crippen LogP) is 1.14. The van der Waals surface area contributed by atoms with Crippen LogP contribution in [-0.4, -0.2) is 45.2 Å². The van der Waals surface area contributed by atoms with E-state index in [1.807, 2.05) is 13.0 Å². The second-order valence-corrected chi connectivity index (χ2v) is 5.16. The van der Waals surface area contributed by atoms with Crippen molar-refractivity contribution in [3.05, 3.63) is 17.5 Å². The quantitative estimate of drug-likeness (QED) is 0.802. The van der Waals surface area contributed by atoms with Gasteiger partial charge in [-0.2, -0.15) is 5.10 Å². The van der Waals surface area contributed by atoms with Gasteiger partial charge in [-0.25, -0.2) is 0 Å². The van der Waals surface area contributed by atoms with Crippen LogP contribution in [0.15, 0.2) is 6.07 Å². The first-order valence-corrected chi connectivity index (χ1v) is 6.52. The number of hydrogen-bond acceptors (Lipinski definition) is 3. The molecule has 0 spiro atoms. The Morgan fingerprint density at radius 1 is 1.58 bits per heavy atom. The van der Waals surface area contributed by atoms with Gasteiger partial charge in [-0.05, 0) is 32.8 Å². The molecule has 2 rings (SSSR count). The molecule has 1 aromatic rings. The SMILES string of the molecule is Cc1cc(C2CCCN(C(=O)C(C)C(=O)O)C2)n[nH]1. The molecule has 1 aliphatic rings. The smallest absolute Gasteiger partial charge is 0.315 e. The van der Waals surface area contributed by atoms with Crippen molar-refractivity contribution < 1.29 is 14.7 Å². The minimum atomic E-state index is -1.07. The maximum absolute atomic E-state index is 12.0. The molecule has 1 fully saturated rings. The zero-order valence-corrected chi connectivity index (χ0v) is 11.2. The number of aromatic amines is 1. The van der Waals surface area contributed by atoms with Gasteiger partial charge >= 0.3 is 5.97 Å².